The van der Waals surface area contributed by atoms with Crippen molar-refractivity contribution in [2.24, 2.45) is 0 Å². The molecule has 0 bridgehead atoms. The van der Waals surface area contributed by atoms with Crippen LogP contribution in [0.2, 0.25) is 5.02 Å². The summed E-state index contributed by atoms with van der Waals surface area (Å²) >= 11 is 7.54. The number of aryl methyl sites for hydroxylation is 1. The third-order valence-electron chi connectivity index (χ3n) is 6.02. The van der Waals surface area contributed by atoms with Crippen molar-refractivity contribution in [3.05, 3.63) is 69.3 Å². The van der Waals surface area contributed by atoms with Crippen LogP contribution in [0, 0.1) is 12.3 Å². The van der Waals surface area contributed by atoms with Crippen LogP contribution in [-0.2, 0) is 6.42 Å². The summed E-state index contributed by atoms with van der Waals surface area (Å²) in [5, 5.41) is 9.17. The molecule has 5 nitrogen and oxygen atoms in total. The zero-order valence-electron chi connectivity index (χ0n) is 18.8. The van der Waals surface area contributed by atoms with Gasteiger partial charge in [0.1, 0.15) is 0 Å². The van der Waals surface area contributed by atoms with E-state index < -0.39 is 0 Å². The molecule has 0 fully saturated rings. The average Bonchev–Trinajstić information content (AvgIpc) is 3.19. The molecule has 1 atom stereocenters. The highest BCUT2D eigenvalue weighted by Crippen LogP contribution is 2.36. The minimum Gasteiger partial charge on any atom is -0.306 e. The van der Waals surface area contributed by atoms with Gasteiger partial charge in [-0.05, 0) is 75.3 Å². The number of halogens is 1. The molecule has 1 aliphatic rings. The van der Waals surface area contributed by atoms with Crippen LogP contribution in [0.25, 0.3) is 10.4 Å². The molecule has 1 amide bonds. The first-order valence-corrected chi connectivity index (χ1v) is 11.9. The average molecular weight is 467 g/mol. The van der Waals surface area contributed by atoms with Crippen LogP contribution in [0.1, 0.15) is 39.8 Å². The molecule has 0 spiro atoms. The molecule has 1 aliphatic heterocycles. The van der Waals surface area contributed by atoms with E-state index in [1.807, 2.05) is 51.4 Å². The van der Waals surface area contributed by atoms with Crippen molar-refractivity contribution in [1.82, 2.24) is 9.88 Å². The van der Waals surface area contributed by atoms with Gasteiger partial charge in [-0.3, -0.25) is 9.78 Å². The van der Waals surface area contributed by atoms with E-state index in [-0.39, 0.29) is 11.9 Å². The molecule has 32 heavy (non-hydrogen) atoms. The molecular weight excluding hydrogens is 440 g/mol. The number of carbonyl (C=O) groups excluding carboxylic acids is 1. The lowest BCUT2D eigenvalue weighted by Crippen LogP contribution is -2.36. The fourth-order valence-corrected chi connectivity index (χ4v) is 5.14. The highest BCUT2D eigenvalue weighted by Gasteiger charge is 2.29. The number of nitrogens with one attached hydrogen (secondary N) is 1. The fourth-order valence-electron chi connectivity index (χ4n) is 3.85. The van der Waals surface area contributed by atoms with E-state index >= 15 is 0 Å². The third kappa shape index (κ3) is 4.49. The van der Waals surface area contributed by atoms with Crippen LogP contribution in [0.5, 0.6) is 0 Å². The summed E-state index contributed by atoms with van der Waals surface area (Å²) < 4.78 is 0. The van der Waals surface area contributed by atoms with Crippen molar-refractivity contribution in [2.75, 3.05) is 25.5 Å². The van der Waals surface area contributed by atoms with E-state index in [2.05, 4.69) is 22.9 Å². The Balaban J connectivity index is 1.56. The largest absolute Gasteiger partial charge is 0.306 e. The molecule has 0 saturated carbocycles. The van der Waals surface area contributed by atoms with E-state index in [1.165, 1.54) is 11.3 Å². The SMILES string of the molecule is Cc1cc(N2CCc3cc(-c4ccc(Cl)cc4)sc3C2=O)cnc1C(=N)C[C@@H](C)N(C)C. The van der Waals surface area contributed by atoms with Crippen molar-refractivity contribution in [1.29, 1.82) is 5.41 Å². The molecule has 7 heteroatoms. The lowest BCUT2D eigenvalue weighted by atomic mass is 10.0. The van der Waals surface area contributed by atoms with E-state index in [1.54, 1.807) is 11.1 Å². The zero-order valence-corrected chi connectivity index (χ0v) is 20.3. The van der Waals surface area contributed by atoms with Crippen LogP contribution in [-0.4, -0.2) is 48.2 Å². The number of amides is 1. The molecule has 1 aromatic carbocycles. The number of thiophene rings is 1. The predicted octanol–water partition coefficient (Wildman–Crippen LogP) is 5.68. The van der Waals surface area contributed by atoms with Gasteiger partial charge in [0.25, 0.3) is 5.91 Å². The first-order valence-electron chi connectivity index (χ1n) is 10.7. The van der Waals surface area contributed by atoms with Gasteiger partial charge in [-0.15, -0.1) is 11.3 Å². The topological polar surface area (TPSA) is 60.3 Å². The number of carbonyl (C=O) groups is 1. The molecule has 3 heterocycles. The Hall–Kier alpha value is -2.54. The highest BCUT2D eigenvalue weighted by atomic mass is 35.5. The summed E-state index contributed by atoms with van der Waals surface area (Å²) in [5.41, 5.74) is 5.10. The molecule has 2 aromatic heterocycles. The van der Waals surface area contributed by atoms with Crippen molar-refractivity contribution in [3.8, 4) is 10.4 Å². The molecule has 0 aliphatic carbocycles. The molecule has 0 saturated heterocycles. The lowest BCUT2D eigenvalue weighted by Gasteiger charge is -2.27. The van der Waals surface area contributed by atoms with Crippen molar-refractivity contribution >= 4 is 40.2 Å². The molecule has 0 unspecified atom stereocenters. The van der Waals surface area contributed by atoms with E-state index in [9.17, 15) is 4.79 Å². The second-order valence-electron chi connectivity index (χ2n) is 8.53. The lowest BCUT2D eigenvalue weighted by molar-refractivity contribution is 0.0985. The minimum atomic E-state index is 0.0155. The normalized spacial score (nSPS) is 14.6. The standard InChI is InChI=1S/C25H27ClN4OS/c1-15-11-20(14-28-23(15)21(27)12-16(2)29(3)4)30-10-9-18-13-22(32-24(18)25(30)31)17-5-7-19(26)8-6-17/h5-8,11,13-14,16,27H,9-10,12H2,1-4H3/t16-/m1/s1. The summed E-state index contributed by atoms with van der Waals surface area (Å²) in [6.45, 7) is 4.68. The molecule has 0 radical (unpaired) electrons. The van der Waals surface area contributed by atoms with E-state index in [4.69, 9.17) is 17.0 Å². The summed E-state index contributed by atoms with van der Waals surface area (Å²) in [5.74, 6) is 0.0155. The molecule has 166 valence electrons. The number of anilines is 1. The smallest absolute Gasteiger partial charge is 0.268 e. The Morgan fingerprint density at radius 2 is 2.00 bits per heavy atom. The number of fused-ring (bicyclic) bond motifs is 1. The predicted molar refractivity (Wildman–Crippen MR) is 134 cm³/mol. The maximum Gasteiger partial charge on any atom is 0.268 e. The molecule has 1 N–H and O–H groups in total. The van der Waals surface area contributed by atoms with Crippen LogP contribution < -0.4 is 4.90 Å². The molecular formula is C25H27ClN4OS. The maximum absolute atomic E-state index is 13.3. The van der Waals surface area contributed by atoms with Gasteiger partial charge in [0, 0.05) is 28.9 Å². The van der Waals surface area contributed by atoms with Crippen LogP contribution >= 0.6 is 22.9 Å². The van der Waals surface area contributed by atoms with Gasteiger partial charge in [0.05, 0.1) is 28.2 Å². The summed E-state index contributed by atoms with van der Waals surface area (Å²) in [6, 6.07) is 12.1. The number of aromatic nitrogens is 1. The van der Waals surface area contributed by atoms with Gasteiger partial charge in [0.15, 0.2) is 0 Å². The number of benzene rings is 1. The maximum atomic E-state index is 13.3. The monoisotopic (exact) mass is 466 g/mol. The number of rotatable bonds is 6. The molecule has 4 rings (SSSR count). The summed E-state index contributed by atoms with van der Waals surface area (Å²) in [7, 11) is 4.03. The van der Waals surface area contributed by atoms with Gasteiger partial charge in [-0.1, -0.05) is 23.7 Å². The second kappa shape index (κ2) is 9.14. The van der Waals surface area contributed by atoms with Crippen LogP contribution in [0.4, 0.5) is 5.69 Å². The Morgan fingerprint density at radius 3 is 2.66 bits per heavy atom. The first kappa shape index (κ1) is 22.6. The fraction of sp³-hybridized carbons (Fsp3) is 0.320. The van der Waals surface area contributed by atoms with Gasteiger partial charge >= 0.3 is 0 Å². The van der Waals surface area contributed by atoms with Crippen molar-refractivity contribution in [2.45, 2.75) is 32.7 Å². The third-order valence-corrected chi connectivity index (χ3v) is 7.49. The Kier molecular flexibility index (Phi) is 6.47. The highest BCUT2D eigenvalue weighted by molar-refractivity contribution is 7.17. The summed E-state index contributed by atoms with van der Waals surface area (Å²) in [6.07, 6.45) is 3.17. The van der Waals surface area contributed by atoms with Gasteiger partial charge in [-0.25, -0.2) is 0 Å². The first-order chi connectivity index (χ1) is 15.2. The number of pyridine rings is 1. The zero-order chi connectivity index (χ0) is 23.0. The van der Waals surface area contributed by atoms with Crippen molar-refractivity contribution in [3.63, 3.8) is 0 Å². The number of nitrogens with zero attached hydrogens (tertiary/aromatic N) is 3. The Labute approximate surface area is 198 Å². The number of hydrogen-bond acceptors (Lipinski definition) is 5. The van der Waals surface area contributed by atoms with Gasteiger partial charge in [0.2, 0.25) is 0 Å². The van der Waals surface area contributed by atoms with E-state index in [0.29, 0.717) is 29.4 Å². The van der Waals surface area contributed by atoms with Gasteiger partial charge < -0.3 is 15.2 Å². The Bertz CT molecular complexity index is 1170. The second-order valence-corrected chi connectivity index (χ2v) is 10.0. The van der Waals surface area contributed by atoms with Crippen molar-refractivity contribution < 1.29 is 4.79 Å². The van der Waals surface area contributed by atoms with Crippen LogP contribution in [0.3, 0.4) is 0 Å². The van der Waals surface area contributed by atoms with E-state index in [0.717, 1.165) is 38.6 Å². The minimum absolute atomic E-state index is 0.0155. The Morgan fingerprint density at radius 1 is 1.28 bits per heavy atom. The number of hydrogen-bond donors (Lipinski definition) is 1. The van der Waals surface area contributed by atoms with Crippen LogP contribution in [0.15, 0.2) is 42.6 Å². The van der Waals surface area contributed by atoms with Gasteiger partial charge in [-0.2, -0.15) is 0 Å². The molecule has 3 aromatic rings. The quantitative estimate of drug-likeness (QED) is 0.475. The summed E-state index contributed by atoms with van der Waals surface area (Å²) in [4.78, 5) is 23.6.